The van der Waals surface area contributed by atoms with E-state index in [1.54, 1.807) is 24.3 Å². The van der Waals surface area contributed by atoms with Gasteiger partial charge in [0.15, 0.2) is 0 Å². The summed E-state index contributed by atoms with van der Waals surface area (Å²) < 4.78 is 22.2. The van der Waals surface area contributed by atoms with E-state index >= 15 is 0 Å². The third-order valence-corrected chi connectivity index (χ3v) is 2.38. The van der Waals surface area contributed by atoms with Gasteiger partial charge in [0, 0.05) is 25.3 Å². The fraction of sp³-hybridized carbons (Fsp3) is 0.500. The number of alkyl halides is 1. The molecule has 0 spiro atoms. The van der Waals surface area contributed by atoms with Crippen molar-refractivity contribution in [3.05, 3.63) is 24.3 Å². The van der Waals surface area contributed by atoms with Gasteiger partial charge in [-0.25, -0.2) is 4.39 Å². The van der Waals surface area contributed by atoms with Crippen molar-refractivity contribution < 1.29 is 18.7 Å². The van der Waals surface area contributed by atoms with Crippen LogP contribution in [0.4, 0.5) is 10.1 Å². The molecule has 4 nitrogen and oxygen atoms in total. The zero-order chi connectivity index (χ0) is 13.9. The number of halogens is 1. The Labute approximate surface area is 112 Å². The second-order valence-corrected chi connectivity index (χ2v) is 3.91. The molecule has 0 saturated heterocycles. The molecular formula is C14H20FNO3. The second-order valence-electron chi connectivity index (χ2n) is 3.91. The summed E-state index contributed by atoms with van der Waals surface area (Å²) >= 11 is 0. The molecule has 1 aromatic carbocycles. The first kappa shape index (κ1) is 15.4. The number of benzene rings is 1. The van der Waals surface area contributed by atoms with Crippen LogP contribution in [0.1, 0.15) is 19.8 Å². The fourth-order valence-electron chi connectivity index (χ4n) is 1.49. The van der Waals surface area contributed by atoms with Crippen LogP contribution in [0.5, 0.6) is 5.75 Å². The molecule has 0 atom stereocenters. The summed E-state index contributed by atoms with van der Waals surface area (Å²) in [5, 5.41) is 2.78. The Morgan fingerprint density at radius 1 is 1.26 bits per heavy atom. The first-order chi connectivity index (χ1) is 9.26. The van der Waals surface area contributed by atoms with E-state index in [1.165, 1.54) is 0 Å². The van der Waals surface area contributed by atoms with Crippen LogP contribution in [-0.4, -0.2) is 32.4 Å². The lowest BCUT2D eigenvalue weighted by molar-refractivity contribution is -0.116. The number of anilines is 1. The number of ether oxygens (including phenoxy) is 2. The molecule has 0 aliphatic rings. The topological polar surface area (TPSA) is 47.6 Å². The van der Waals surface area contributed by atoms with Crippen LogP contribution >= 0.6 is 0 Å². The summed E-state index contributed by atoms with van der Waals surface area (Å²) in [5.41, 5.74) is 0.703. The zero-order valence-corrected chi connectivity index (χ0v) is 11.2. The summed E-state index contributed by atoms with van der Waals surface area (Å²) in [4.78, 5) is 11.6. The van der Waals surface area contributed by atoms with Crippen LogP contribution in [0.25, 0.3) is 0 Å². The molecule has 106 valence electrons. The molecule has 1 amide bonds. The van der Waals surface area contributed by atoms with Gasteiger partial charge in [0.1, 0.15) is 19.0 Å². The van der Waals surface area contributed by atoms with Gasteiger partial charge >= 0.3 is 0 Å². The number of hydrogen-bond donors (Lipinski definition) is 1. The fourth-order valence-corrected chi connectivity index (χ4v) is 1.49. The van der Waals surface area contributed by atoms with Gasteiger partial charge in [-0.1, -0.05) is 0 Å². The highest BCUT2D eigenvalue weighted by Gasteiger charge is 2.02. The smallest absolute Gasteiger partial charge is 0.224 e. The summed E-state index contributed by atoms with van der Waals surface area (Å²) in [7, 11) is 0. The minimum absolute atomic E-state index is 0.0443. The van der Waals surface area contributed by atoms with Gasteiger partial charge in [-0.2, -0.15) is 0 Å². The van der Waals surface area contributed by atoms with Crippen LogP contribution in [0, 0.1) is 0 Å². The van der Waals surface area contributed by atoms with Crippen molar-refractivity contribution in [2.45, 2.75) is 19.8 Å². The minimum Gasteiger partial charge on any atom is -0.491 e. The van der Waals surface area contributed by atoms with Crippen LogP contribution in [-0.2, 0) is 9.53 Å². The lowest BCUT2D eigenvalue weighted by atomic mass is 10.2. The number of carbonyl (C=O) groups is 1. The molecule has 1 N–H and O–H groups in total. The molecule has 0 fully saturated rings. The molecule has 1 aromatic rings. The number of carbonyl (C=O) groups excluding carboxylic acids is 1. The third kappa shape index (κ3) is 6.76. The maximum atomic E-state index is 11.9. The molecule has 0 aliphatic carbocycles. The van der Waals surface area contributed by atoms with E-state index in [-0.39, 0.29) is 12.5 Å². The number of amides is 1. The van der Waals surface area contributed by atoms with E-state index in [1.807, 2.05) is 6.92 Å². The average molecular weight is 269 g/mol. The highest BCUT2D eigenvalue weighted by atomic mass is 19.1. The van der Waals surface area contributed by atoms with Crippen molar-refractivity contribution in [1.29, 1.82) is 0 Å². The number of nitrogens with one attached hydrogen (secondary N) is 1. The van der Waals surface area contributed by atoms with Gasteiger partial charge in [0.05, 0.1) is 0 Å². The Hall–Kier alpha value is -1.62. The van der Waals surface area contributed by atoms with E-state index in [0.29, 0.717) is 37.5 Å². The van der Waals surface area contributed by atoms with Crippen molar-refractivity contribution >= 4 is 11.6 Å². The SMILES string of the molecule is CCOCCCC(=O)Nc1ccc(OCCF)cc1. The Balaban J connectivity index is 2.29. The minimum atomic E-state index is -0.516. The van der Waals surface area contributed by atoms with E-state index in [9.17, 15) is 9.18 Å². The largest absolute Gasteiger partial charge is 0.491 e. The first-order valence-corrected chi connectivity index (χ1v) is 6.42. The first-order valence-electron chi connectivity index (χ1n) is 6.42. The van der Waals surface area contributed by atoms with Crippen molar-refractivity contribution in [2.75, 3.05) is 31.8 Å². The van der Waals surface area contributed by atoms with E-state index in [4.69, 9.17) is 9.47 Å². The Morgan fingerprint density at radius 2 is 2.00 bits per heavy atom. The van der Waals surface area contributed by atoms with E-state index in [2.05, 4.69) is 5.32 Å². The molecule has 0 aromatic heterocycles. The van der Waals surface area contributed by atoms with Gasteiger partial charge in [0.25, 0.3) is 0 Å². The summed E-state index contributed by atoms with van der Waals surface area (Å²) in [6.07, 6.45) is 1.14. The maximum Gasteiger partial charge on any atom is 0.224 e. The predicted octanol–water partition coefficient (Wildman–Crippen LogP) is 2.79. The molecular weight excluding hydrogens is 249 g/mol. The summed E-state index contributed by atoms with van der Waals surface area (Å²) in [6, 6.07) is 6.86. The zero-order valence-electron chi connectivity index (χ0n) is 11.2. The molecule has 0 radical (unpaired) electrons. The number of rotatable bonds is 9. The Bertz CT molecular complexity index is 367. The molecule has 1 rings (SSSR count). The van der Waals surface area contributed by atoms with Gasteiger partial charge < -0.3 is 14.8 Å². The standard InChI is InChI=1S/C14H20FNO3/c1-2-18-10-3-4-14(17)16-12-5-7-13(8-6-12)19-11-9-15/h5-8H,2-4,9-11H2,1H3,(H,16,17). The highest BCUT2D eigenvalue weighted by molar-refractivity contribution is 5.90. The molecule has 0 unspecified atom stereocenters. The average Bonchev–Trinajstić information content (AvgIpc) is 2.43. The molecule has 5 heteroatoms. The predicted molar refractivity (Wildman–Crippen MR) is 72.3 cm³/mol. The van der Waals surface area contributed by atoms with E-state index < -0.39 is 6.67 Å². The van der Waals surface area contributed by atoms with Crippen LogP contribution in [0.3, 0.4) is 0 Å². The quantitative estimate of drug-likeness (QED) is 0.701. The van der Waals surface area contributed by atoms with Crippen molar-refractivity contribution in [3.8, 4) is 5.75 Å². The Morgan fingerprint density at radius 3 is 2.63 bits per heavy atom. The summed E-state index contributed by atoms with van der Waals surface area (Å²) in [5.74, 6) is 0.545. The van der Waals surface area contributed by atoms with Crippen molar-refractivity contribution in [2.24, 2.45) is 0 Å². The molecule has 19 heavy (non-hydrogen) atoms. The molecule has 0 bridgehead atoms. The molecule has 0 heterocycles. The lowest BCUT2D eigenvalue weighted by Crippen LogP contribution is -2.12. The van der Waals surface area contributed by atoms with Crippen LogP contribution in [0.15, 0.2) is 24.3 Å². The molecule has 0 saturated carbocycles. The Kier molecular flexibility index (Phi) is 7.58. The number of hydrogen-bond acceptors (Lipinski definition) is 3. The van der Waals surface area contributed by atoms with Gasteiger partial charge in [-0.3, -0.25) is 4.79 Å². The van der Waals surface area contributed by atoms with Gasteiger partial charge in [-0.15, -0.1) is 0 Å². The van der Waals surface area contributed by atoms with Gasteiger partial charge in [-0.05, 0) is 37.6 Å². The van der Waals surface area contributed by atoms with Crippen molar-refractivity contribution in [1.82, 2.24) is 0 Å². The highest BCUT2D eigenvalue weighted by Crippen LogP contribution is 2.15. The maximum absolute atomic E-state index is 11.9. The second kappa shape index (κ2) is 9.33. The van der Waals surface area contributed by atoms with E-state index in [0.717, 1.165) is 0 Å². The lowest BCUT2D eigenvalue weighted by Gasteiger charge is -2.07. The van der Waals surface area contributed by atoms with Gasteiger partial charge in [0.2, 0.25) is 5.91 Å². The van der Waals surface area contributed by atoms with Crippen LogP contribution in [0.2, 0.25) is 0 Å². The normalized spacial score (nSPS) is 10.2. The van der Waals surface area contributed by atoms with Crippen molar-refractivity contribution in [3.63, 3.8) is 0 Å². The summed E-state index contributed by atoms with van der Waals surface area (Å²) in [6.45, 7) is 2.72. The molecule has 0 aliphatic heterocycles. The third-order valence-electron chi connectivity index (χ3n) is 2.38. The van der Waals surface area contributed by atoms with Crippen LogP contribution < -0.4 is 10.1 Å². The monoisotopic (exact) mass is 269 g/mol.